The summed E-state index contributed by atoms with van der Waals surface area (Å²) in [6.07, 6.45) is 1.57. The second-order valence-corrected chi connectivity index (χ2v) is 2.98. The number of carboxylic acid groups (broad SMARTS) is 1. The number of pyridine rings is 1. The van der Waals surface area contributed by atoms with Crippen molar-refractivity contribution in [3.8, 4) is 0 Å². The summed E-state index contributed by atoms with van der Waals surface area (Å²) in [6, 6.07) is 6.55. The number of aromatic carboxylic acids is 1. The molecule has 0 aliphatic carbocycles. The van der Waals surface area contributed by atoms with E-state index in [1.165, 1.54) is 0 Å². The molecule has 3 N–H and O–H groups in total. The molecule has 0 saturated carbocycles. The molecule has 2 rings (SSSR count). The van der Waals surface area contributed by atoms with Crippen molar-refractivity contribution in [1.29, 1.82) is 0 Å². The van der Waals surface area contributed by atoms with Crippen molar-refractivity contribution in [2.24, 2.45) is 0 Å². The molecule has 4 heteroatoms. The number of nitrogen functional groups attached to an aromatic ring is 1. The van der Waals surface area contributed by atoms with Gasteiger partial charge in [0.15, 0.2) is 0 Å². The fourth-order valence-electron chi connectivity index (χ4n) is 1.29. The van der Waals surface area contributed by atoms with E-state index >= 15 is 0 Å². The Kier molecular flexibility index (Phi) is 1.81. The molecular formula is C10H8N2O2. The maximum atomic E-state index is 10.7. The summed E-state index contributed by atoms with van der Waals surface area (Å²) in [4.78, 5) is 14.6. The highest BCUT2D eigenvalue weighted by molar-refractivity contribution is 5.94. The number of nitrogens with two attached hydrogens (primary N) is 1. The Morgan fingerprint density at radius 2 is 2.07 bits per heavy atom. The van der Waals surface area contributed by atoms with Gasteiger partial charge in [-0.2, -0.15) is 0 Å². The Labute approximate surface area is 80.0 Å². The average molecular weight is 188 g/mol. The van der Waals surface area contributed by atoms with E-state index in [4.69, 9.17) is 10.8 Å². The zero-order valence-electron chi connectivity index (χ0n) is 7.27. The standard InChI is InChI=1S/C10H8N2O2/c11-9-4-6-1-2-7(10(13)14)3-8(6)5-12-9/h1-5H,(H2,11,12)(H,13,14). The predicted octanol–water partition coefficient (Wildman–Crippen LogP) is 1.52. The van der Waals surface area contributed by atoms with E-state index < -0.39 is 5.97 Å². The molecule has 0 aliphatic rings. The minimum absolute atomic E-state index is 0.254. The molecule has 0 radical (unpaired) electrons. The van der Waals surface area contributed by atoms with Gasteiger partial charge < -0.3 is 10.8 Å². The minimum Gasteiger partial charge on any atom is -0.478 e. The van der Waals surface area contributed by atoms with Gasteiger partial charge in [0.25, 0.3) is 0 Å². The first-order valence-corrected chi connectivity index (χ1v) is 4.05. The van der Waals surface area contributed by atoms with Crippen LogP contribution in [0.5, 0.6) is 0 Å². The van der Waals surface area contributed by atoms with Crippen LogP contribution in [0.3, 0.4) is 0 Å². The Morgan fingerprint density at radius 1 is 1.29 bits per heavy atom. The van der Waals surface area contributed by atoms with Crippen LogP contribution in [-0.4, -0.2) is 16.1 Å². The molecule has 0 amide bonds. The van der Waals surface area contributed by atoms with E-state index in [-0.39, 0.29) is 5.56 Å². The number of hydrogen-bond acceptors (Lipinski definition) is 3. The topological polar surface area (TPSA) is 76.2 Å². The number of nitrogens with zero attached hydrogens (tertiary/aromatic N) is 1. The highest BCUT2D eigenvalue weighted by Gasteiger charge is 2.03. The number of fused-ring (bicyclic) bond motifs is 1. The number of anilines is 1. The van der Waals surface area contributed by atoms with Crippen LogP contribution < -0.4 is 5.73 Å². The van der Waals surface area contributed by atoms with Crippen molar-refractivity contribution in [2.45, 2.75) is 0 Å². The van der Waals surface area contributed by atoms with E-state index in [1.54, 1.807) is 30.5 Å². The molecule has 0 saturated heterocycles. The highest BCUT2D eigenvalue weighted by atomic mass is 16.4. The van der Waals surface area contributed by atoms with Crippen molar-refractivity contribution < 1.29 is 9.90 Å². The van der Waals surface area contributed by atoms with Crippen LogP contribution in [0.1, 0.15) is 10.4 Å². The SMILES string of the molecule is Nc1cc2ccc(C(=O)O)cc2cn1. The Bertz CT molecular complexity index is 508. The van der Waals surface area contributed by atoms with Crippen LogP contribution in [0, 0.1) is 0 Å². The van der Waals surface area contributed by atoms with Crippen LogP contribution in [0.2, 0.25) is 0 Å². The van der Waals surface area contributed by atoms with Gasteiger partial charge in [0, 0.05) is 11.6 Å². The maximum absolute atomic E-state index is 10.7. The third kappa shape index (κ3) is 1.37. The summed E-state index contributed by atoms with van der Waals surface area (Å²) in [6.45, 7) is 0. The quantitative estimate of drug-likeness (QED) is 0.711. The molecule has 0 aliphatic heterocycles. The molecule has 0 spiro atoms. The van der Waals surface area contributed by atoms with E-state index in [0.717, 1.165) is 10.8 Å². The van der Waals surface area contributed by atoms with Crippen molar-refractivity contribution in [2.75, 3.05) is 5.73 Å². The number of aromatic nitrogens is 1. The van der Waals surface area contributed by atoms with Crippen molar-refractivity contribution in [1.82, 2.24) is 4.98 Å². The van der Waals surface area contributed by atoms with Crippen LogP contribution in [0.15, 0.2) is 30.5 Å². The van der Waals surface area contributed by atoms with Gasteiger partial charge >= 0.3 is 5.97 Å². The minimum atomic E-state index is -0.941. The molecule has 1 aromatic heterocycles. The summed E-state index contributed by atoms with van der Waals surface area (Å²) in [5.41, 5.74) is 5.75. The van der Waals surface area contributed by atoms with E-state index in [2.05, 4.69) is 4.98 Å². The largest absolute Gasteiger partial charge is 0.478 e. The third-order valence-electron chi connectivity index (χ3n) is 1.99. The molecular weight excluding hydrogens is 180 g/mol. The first-order valence-electron chi connectivity index (χ1n) is 4.05. The lowest BCUT2D eigenvalue weighted by molar-refractivity contribution is 0.0697. The van der Waals surface area contributed by atoms with Crippen LogP contribution in [0.4, 0.5) is 5.82 Å². The molecule has 2 aromatic rings. The second-order valence-electron chi connectivity index (χ2n) is 2.98. The summed E-state index contributed by atoms with van der Waals surface area (Å²) in [5.74, 6) is -0.510. The summed E-state index contributed by atoms with van der Waals surface area (Å²) in [5, 5.41) is 10.4. The number of rotatable bonds is 1. The van der Waals surface area contributed by atoms with Crippen LogP contribution >= 0.6 is 0 Å². The predicted molar refractivity (Wildman–Crippen MR) is 53.1 cm³/mol. The fraction of sp³-hybridized carbons (Fsp3) is 0. The monoisotopic (exact) mass is 188 g/mol. The normalized spacial score (nSPS) is 10.3. The molecule has 4 nitrogen and oxygen atoms in total. The van der Waals surface area contributed by atoms with Gasteiger partial charge in [-0.05, 0) is 23.6 Å². The van der Waals surface area contributed by atoms with Gasteiger partial charge in [-0.25, -0.2) is 9.78 Å². The molecule has 0 bridgehead atoms. The van der Waals surface area contributed by atoms with E-state index in [0.29, 0.717) is 5.82 Å². The molecule has 0 unspecified atom stereocenters. The zero-order valence-corrected chi connectivity index (χ0v) is 7.27. The molecule has 70 valence electrons. The van der Waals surface area contributed by atoms with Crippen molar-refractivity contribution in [3.63, 3.8) is 0 Å². The third-order valence-corrected chi connectivity index (χ3v) is 1.99. The molecule has 14 heavy (non-hydrogen) atoms. The van der Waals surface area contributed by atoms with Crippen molar-refractivity contribution in [3.05, 3.63) is 36.0 Å². The van der Waals surface area contributed by atoms with Crippen LogP contribution in [0.25, 0.3) is 10.8 Å². The number of carbonyl (C=O) groups is 1. The molecule has 0 fully saturated rings. The van der Waals surface area contributed by atoms with Gasteiger partial charge in [-0.15, -0.1) is 0 Å². The van der Waals surface area contributed by atoms with Gasteiger partial charge in [-0.3, -0.25) is 0 Å². The fourth-order valence-corrected chi connectivity index (χ4v) is 1.29. The van der Waals surface area contributed by atoms with Crippen LogP contribution in [-0.2, 0) is 0 Å². The summed E-state index contributed by atoms with van der Waals surface area (Å²) in [7, 11) is 0. The molecule has 0 atom stereocenters. The number of benzene rings is 1. The Hall–Kier alpha value is -2.10. The van der Waals surface area contributed by atoms with E-state index in [9.17, 15) is 4.79 Å². The number of hydrogen-bond donors (Lipinski definition) is 2. The second kappa shape index (κ2) is 2.99. The van der Waals surface area contributed by atoms with Gasteiger partial charge in [0.05, 0.1) is 5.56 Å². The highest BCUT2D eigenvalue weighted by Crippen LogP contribution is 2.16. The molecule has 1 aromatic carbocycles. The smallest absolute Gasteiger partial charge is 0.335 e. The maximum Gasteiger partial charge on any atom is 0.335 e. The van der Waals surface area contributed by atoms with Crippen molar-refractivity contribution >= 4 is 22.6 Å². The lowest BCUT2D eigenvalue weighted by Crippen LogP contribution is -1.96. The lowest BCUT2D eigenvalue weighted by Gasteiger charge is -1.99. The first-order chi connectivity index (χ1) is 6.66. The Morgan fingerprint density at radius 3 is 2.79 bits per heavy atom. The lowest BCUT2D eigenvalue weighted by atomic mass is 10.1. The zero-order chi connectivity index (χ0) is 10.1. The molecule has 1 heterocycles. The van der Waals surface area contributed by atoms with Gasteiger partial charge in [-0.1, -0.05) is 6.07 Å². The summed E-state index contributed by atoms with van der Waals surface area (Å²) < 4.78 is 0. The Balaban J connectivity index is 2.67. The first kappa shape index (κ1) is 8.50. The average Bonchev–Trinajstić information content (AvgIpc) is 2.16. The summed E-state index contributed by atoms with van der Waals surface area (Å²) >= 11 is 0. The number of carboxylic acids is 1. The van der Waals surface area contributed by atoms with E-state index in [1.807, 2.05) is 0 Å². The van der Waals surface area contributed by atoms with Gasteiger partial charge in [0.1, 0.15) is 5.82 Å². The van der Waals surface area contributed by atoms with Gasteiger partial charge in [0.2, 0.25) is 0 Å².